The zero-order chi connectivity index (χ0) is 11.5. The molecule has 0 amide bonds. The van der Waals surface area contributed by atoms with Crippen molar-refractivity contribution < 1.29 is 4.74 Å². The molecule has 3 atom stereocenters. The van der Waals surface area contributed by atoms with E-state index in [1.807, 2.05) is 0 Å². The smallest absolute Gasteiger partial charge is 0.0707 e. The molecule has 3 nitrogen and oxygen atoms in total. The second kappa shape index (κ2) is 5.48. The second-order valence-corrected chi connectivity index (χ2v) is 5.54. The number of hydrogen-bond donors (Lipinski definition) is 1. The summed E-state index contributed by atoms with van der Waals surface area (Å²) in [7, 11) is 0. The van der Waals surface area contributed by atoms with Crippen molar-refractivity contribution in [3.63, 3.8) is 0 Å². The first-order chi connectivity index (χ1) is 7.69. The normalized spacial score (nSPS) is 32.2. The highest BCUT2D eigenvalue weighted by atomic mass is 16.5. The standard InChI is InChI=1S/C13H26N2O/c1-4-11(7-14-10(2)3)15-8-12-5-6-13(9-15)16-12/h10-14H,4-9H2,1-3H3. The van der Waals surface area contributed by atoms with Gasteiger partial charge in [-0.25, -0.2) is 0 Å². The Morgan fingerprint density at radius 1 is 1.25 bits per heavy atom. The van der Waals surface area contributed by atoms with Crippen LogP contribution in [0.4, 0.5) is 0 Å². The second-order valence-electron chi connectivity index (χ2n) is 5.54. The van der Waals surface area contributed by atoms with Crippen LogP contribution in [0, 0.1) is 0 Å². The van der Waals surface area contributed by atoms with E-state index in [2.05, 4.69) is 31.0 Å². The molecular weight excluding hydrogens is 200 g/mol. The zero-order valence-corrected chi connectivity index (χ0v) is 10.9. The molecule has 2 rings (SSSR count). The van der Waals surface area contributed by atoms with E-state index in [4.69, 9.17) is 4.74 Å². The van der Waals surface area contributed by atoms with E-state index in [0.717, 1.165) is 19.6 Å². The van der Waals surface area contributed by atoms with E-state index in [0.29, 0.717) is 24.3 Å². The first kappa shape index (κ1) is 12.3. The number of rotatable bonds is 5. The molecular formula is C13H26N2O. The number of hydrogen-bond acceptors (Lipinski definition) is 3. The maximum Gasteiger partial charge on any atom is 0.0707 e. The average Bonchev–Trinajstić information content (AvgIpc) is 2.58. The number of nitrogens with zero attached hydrogens (tertiary/aromatic N) is 1. The van der Waals surface area contributed by atoms with Crippen molar-refractivity contribution in [3.8, 4) is 0 Å². The molecule has 2 saturated heterocycles. The molecule has 1 N–H and O–H groups in total. The molecule has 0 aromatic heterocycles. The lowest BCUT2D eigenvalue weighted by Crippen LogP contribution is -2.51. The monoisotopic (exact) mass is 226 g/mol. The van der Waals surface area contributed by atoms with Crippen molar-refractivity contribution >= 4 is 0 Å². The Labute approximate surface area is 99.5 Å². The van der Waals surface area contributed by atoms with E-state index in [9.17, 15) is 0 Å². The zero-order valence-electron chi connectivity index (χ0n) is 10.9. The van der Waals surface area contributed by atoms with Gasteiger partial charge in [-0.3, -0.25) is 4.90 Å². The van der Waals surface area contributed by atoms with Gasteiger partial charge >= 0.3 is 0 Å². The number of morpholine rings is 1. The molecule has 2 aliphatic heterocycles. The summed E-state index contributed by atoms with van der Waals surface area (Å²) in [6.45, 7) is 10.1. The molecule has 0 saturated carbocycles. The van der Waals surface area contributed by atoms with Gasteiger partial charge in [-0.1, -0.05) is 20.8 Å². The summed E-state index contributed by atoms with van der Waals surface area (Å²) in [4.78, 5) is 2.64. The molecule has 2 heterocycles. The van der Waals surface area contributed by atoms with Gasteiger partial charge < -0.3 is 10.1 Å². The number of likely N-dealkylation sites (tertiary alicyclic amines) is 1. The minimum Gasteiger partial charge on any atom is -0.372 e. The predicted octanol–water partition coefficient (Wildman–Crippen LogP) is 1.63. The van der Waals surface area contributed by atoms with Crippen LogP contribution in [0.1, 0.15) is 40.0 Å². The van der Waals surface area contributed by atoms with E-state index in [1.165, 1.54) is 19.3 Å². The van der Waals surface area contributed by atoms with Gasteiger partial charge in [0.05, 0.1) is 12.2 Å². The molecule has 2 aliphatic rings. The lowest BCUT2D eigenvalue weighted by Gasteiger charge is -2.38. The molecule has 16 heavy (non-hydrogen) atoms. The maximum atomic E-state index is 5.89. The van der Waals surface area contributed by atoms with E-state index in [-0.39, 0.29) is 0 Å². The van der Waals surface area contributed by atoms with Gasteiger partial charge in [0, 0.05) is 31.7 Å². The Kier molecular flexibility index (Phi) is 4.22. The van der Waals surface area contributed by atoms with Crippen molar-refractivity contribution in [2.75, 3.05) is 19.6 Å². The van der Waals surface area contributed by atoms with Gasteiger partial charge in [-0.2, -0.15) is 0 Å². The van der Waals surface area contributed by atoms with Crippen LogP contribution in [0.25, 0.3) is 0 Å². The molecule has 0 radical (unpaired) electrons. The fourth-order valence-corrected chi connectivity index (χ4v) is 2.85. The minimum atomic E-state index is 0.520. The fourth-order valence-electron chi connectivity index (χ4n) is 2.85. The first-order valence-corrected chi connectivity index (χ1v) is 6.82. The number of nitrogens with one attached hydrogen (secondary N) is 1. The Morgan fingerprint density at radius 3 is 2.38 bits per heavy atom. The molecule has 0 aromatic carbocycles. The van der Waals surface area contributed by atoms with Crippen molar-refractivity contribution in [1.82, 2.24) is 10.2 Å². The Morgan fingerprint density at radius 2 is 1.88 bits per heavy atom. The highest BCUT2D eigenvalue weighted by molar-refractivity contribution is 4.88. The Bertz CT molecular complexity index is 208. The van der Waals surface area contributed by atoms with Crippen LogP contribution in [-0.2, 0) is 4.74 Å². The van der Waals surface area contributed by atoms with Gasteiger partial charge in [-0.05, 0) is 19.3 Å². The summed E-state index contributed by atoms with van der Waals surface area (Å²) in [6, 6.07) is 1.28. The Hall–Kier alpha value is -0.120. The van der Waals surface area contributed by atoms with Crippen molar-refractivity contribution in [2.24, 2.45) is 0 Å². The summed E-state index contributed by atoms with van der Waals surface area (Å²) >= 11 is 0. The molecule has 0 aliphatic carbocycles. The molecule has 2 fully saturated rings. The van der Waals surface area contributed by atoms with E-state index < -0.39 is 0 Å². The largest absolute Gasteiger partial charge is 0.372 e. The molecule has 0 spiro atoms. The SMILES string of the molecule is CCC(CNC(C)C)N1CC2CCC(C1)O2. The highest BCUT2D eigenvalue weighted by Gasteiger charge is 2.35. The van der Waals surface area contributed by atoms with Gasteiger partial charge in [0.25, 0.3) is 0 Å². The van der Waals surface area contributed by atoms with Crippen LogP contribution in [0.2, 0.25) is 0 Å². The molecule has 3 unspecified atom stereocenters. The maximum absolute atomic E-state index is 5.89. The van der Waals surface area contributed by atoms with Crippen molar-refractivity contribution in [1.29, 1.82) is 0 Å². The van der Waals surface area contributed by atoms with E-state index in [1.54, 1.807) is 0 Å². The summed E-state index contributed by atoms with van der Waals surface area (Å²) in [5.41, 5.74) is 0. The number of fused-ring (bicyclic) bond motifs is 2. The lowest BCUT2D eigenvalue weighted by molar-refractivity contribution is -0.0530. The van der Waals surface area contributed by atoms with Gasteiger partial charge in [-0.15, -0.1) is 0 Å². The predicted molar refractivity (Wildman–Crippen MR) is 66.7 cm³/mol. The quantitative estimate of drug-likeness (QED) is 0.771. The van der Waals surface area contributed by atoms with Crippen LogP contribution in [0.3, 0.4) is 0 Å². The third-order valence-electron chi connectivity index (χ3n) is 3.82. The first-order valence-electron chi connectivity index (χ1n) is 6.82. The third-order valence-corrected chi connectivity index (χ3v) is 3.82. The van der Waals surface area contributed by atoms with Gasteiger partial charge in [0.15, 0.2) is 0 Å². The highest BCUT2D eigenvalue weighted by Crippen LogP contribution is 2.27. The molecule has 3 heteroatoms. The minimum absolute atomic E-state index is 0.520. The van der Waals surface area contributed by atoms with Gasteiger partial charge in [0.2, 0.25) is 0 Å². The summed E-state index contributed by atoms with van der Waals surface area (Å²) in [5, 5.41) is 3.56. The number of ether oxygens (including phenoxy) is 1. The summed E-state index contributed by atoms with van der Waals surface area (Å²) in [5.74, 6) is 0. The van der Waals surface area contributed by atoms with Crippen LogP contribution in [0.5, 0.6) is 0 Å². The average molecular weight is 226 g/mol. The van der Waals surface area contributed by atoms with E-state index >= 15 is 0 Å². The summed E-state index contributed by atoms with van der Waals surface area (Å²) in [6.07, 6.45) is 4.82. The topological polar surface area (TPSA) is 24.5 Å². The van der Waals surface area contributed by atoms with Crippen LogP contribution in [0.15, 0.2) is 0 Å². The lowest BCUT2D eigenvalue weighted by atomic mass is 10.1. The summed E-state index contributed by atoms with van der Waals surface area (Å²) < 4.78 is 5.89. The third kappa shape index (κ3) is 2.96. The molecule has 2 bridgehead atoms. The Balaban J connectivity index is 1.84. The van der Waals surface area contributed by atoms with Crippen LogP contribution >= 0.6 is 0 Å². The fraction of sp³-hybridized carbons (Fsp3) is 1.00. The van der Waals surface area contributed by atoms with Crippen LogP contribution in [-0.4, -0.2) is 48.8 Å². The van der Waals surface area contributed by atoms with Crippen molar-refractivity contribution in [2.45, 2.75) is 64.3 Å². The molecule has 0 aromatic rings. The van der Waals surface area contributed by atoms with Gasteiger partial charge in [0.1, 0.15) is 0 Å². The van der Waals surface area contributed by atoms with Crippen LogP contribution < -0.4 is 5.32 Å². The van der Waals surface area contributed by atoms with Crippen molar-refractivity contribution in [3.05, 3.63) is 0 Å². The molecule has 94 valence electrons.